The van der Waals surface area contributed by atoms with E-state index in [2.05, 4.69) is 5.32 Å². The first-order chi connectivity index (χ1) is 11.8. The minimum Gasteiger partial charge on any atom is -0.383 e. The summed E-state index contributed by atoms with van der Waals surface area (Å²) in [6.45, 7) is 5.10. The van der Waals surface area contributed by atoms with Crippen LogP contribution < -0.4 is 5.32 Å². The largest absolute Gasteiger partial charge is 0.383 e. The molecule has 6 nitrogen and oxygen atoms in total. The Morgan fingerprint density at radius 2 is 2.04 bits per heavy atom. The predicted octanol–water partition coefficient (Wildman–Crippen LogP) is 1.69. The standard InChI is InChI=1S/C18H28N2O4S/c1-14-5-4-6-16(11-14)13-25(22,23)20-9-7-17(8-10-20)18(21)19-15(2)12-24-3/h4-6,11,15,17H,7-10,12-13H2,1-3H3,(H,19,21)/t15-/m0/s1. The molecule has 0 saturated carbocycles. The molecule has 1 amide bonds. The van der Waals surface area contributed by atoms with Gasteiger partial charge in [0.25, 0.3) is 0 Å². The second-order valence-corrected chi connectivity index (χ2v) is 8.75. The molecular formula is C18H28N2O4S. The van der Waals surface area contributed by atoms with Crippen molar-refractivity contribution in [2.45, 2.75) is 38.5 Å². The van der Waals surface area contributed by atoms with E-state index in [1.165, 1.54) is 4.31 Å². The predicted molar refractivity (Wildman–Crippen MR) is 97.6 cm³/mol. The van der Waals surface area contributed by atoms with Crippen molar-refractivity contribution in [2.75, 3.05) is 26.8 Å². The molecule has 0 radical (unpaired) electrons. The third-order valence-electron chi connectivity index (χ3n) is 4.45. The van der Waals surface area contributed by atoms with E-state index in [9.17, 15) is 13.2 Å². The molecule has 1 fully saturated rings. The van der Waals surface area contributed by atoms with E-state index < -0.39 is 10.0 Å². The van der Waals surface area contributed by atoms with Gasteiger partial charge < -0.3 is 10.1 Å². The summed E-state index contributed by atoms with van der Waals surface area (Å²) in [7, 11) is -1.75. The van der Waals surface area contributed by atoms with Gasteiger partial charge in [-0.05, 0) is 32.3 Å². The topological polar surface area (TPSA) is 75.7 Å². The molecule has 0 aromatic heterocycles. The number of nitrogens with one attached hydrogen (secondary N) is 1. The second-order valence-electron chi connectivity index (χ2n) is 6.78. The van der Waals surface area contributed by atoms with Crippen LogP contribution in [-0.2, 0) is 25.3 Å². The van der Waals surface area contributed by atoms with Gasteiger partial charge in [0.05, 0.1) is 12.4 Å². The minimum atomic E-state index is -3.35. The van der Waals surface area contributed by atoms with Crippen molar-refractivity contribution in [1.82, 2.24) is 9.62 Å². The highest BCUT2D eigenvalue weighted by Gasteiger charge is 2.31. The maximum atomic E-state index is 12.6. The number of aryl methyl sites for hydroxylation is 1. The zero-order chi connectivity index (χ0) is 18.4. The number of piperidine rings is 1. The molecule has 1 atom stereocenters. The lowest BCUT2D eigenvalue weighted by molar-refractivity contribution is -0.127. The van der Waals surface area contributed by atoms with Crippen molar-refractivity contribution in [3.8, 4) is 0 Å². The van der Waals surface area contributed by atoms with Crippen LogP contribution in [0.15, 0.2) is 24.3 Å². The van der Waals surface area contributed by atoms with Crippen molar-refractivity contribution in [3.05, 3.63) is 35.4 Å². The zero-order valence-electron chi connectivity index (χ0n) is 15.2. The Labute approximate surface area is 150 Å². The molecule has 0 bridgehead atoms. The maximum Gasteiger partial charge on any atom is 0.223 e. The molecule has 0 spiro atoms. The molecule has 0 aliphatic carbocycles. The fraction of sp³-hybridized carbons (Fsp3) is 0.611. The maximum absolute atomic E-state index is 12.6. The molecule has 0 unspecified atom stereocenters. The molecule has 140 valence electrons. The van der Waals surface area contributed by atoms with Crippen LogP contribution in [0.1, 0.15) is 30.9 Å². The Balaban J connectivity index is 1.89. The zero-order valence-corrected chi connectivity index (χ0v) is 16.0. The van der Waals surface area contributed by atoms with Crippen molar-refractivity contribution in [1.29, 1.82) is 0 Å². The number of rotatable bonds is 7. The number of amides is 1. The lowest BCUT2D eigenvalue weighted by Gasteiger charge is -2.31. The number of ether oxygens (including phenoxy) is 1. The van der Waals surface area contributed by atoms with Gasteiger partial charge in [0.15, 0.2) is 0 Å². The molecule has 1 aliphatic heterocycles. The minimum absolute atomic E-state index is 0.0103. The summed E-state index contributed by atoms with van der Waals surface area (Å²) in [4.78, 5) is 12.2. The first-order valence-electron chi connectivity index (χ1n) is 8.64. The SMILES string of the molecule is COC[C@H](C)NC(=O)C1CCN(S(=O)(=O)Cc2cccc(C)c2)CC1. The van der Waals surface area contributed by atoms with E-state index in [4.69, 9.17) is 4.74 Å². The number of benzene rings is 1. The second kappa shape index (κ2) is 8.78. The van der Waals surface area contributed by atoms with Crippen molar-refractivity contribution >= 4 is 15.9 Å². The van der Waals surface area contributed by atoms with Crippen LogP contribution in [0.2, 0.25) is 0 Å². The first-order valence-corrected chi connectivity index (χ1v) is 10.3. The van der Waals surface area contributed by atoms with Gasteiger partial charge in [-0.2, -0.15) is 0 Å². The molecular weight excluding hydrogens is 340 g/mol. The van der Waals surface area contributed by atoms with E-state index in [0.717, 1.165) is 11.1 Å². The van der Waals surface area contributed by atoms with Crippen LogP contribution in [-0.4, -0.2) is 51.5 Å². The Kier molecular flexibility index (Phi) is 6.98. The Bertz CT molecular complexity index is 682. The van der Waals surface area contributed by atoms with Crippen LogP contribution in [0.5, 0.6) is 0 Å². The third kappa shape index (κ3) is 5.80. The fourth-order valence-electron chi connectivity index (χ4n) is 3.15. The Hall–Kier alpha value is -1.44. The van der Waals surface area contributed by atoms with E-state index in [1.807, 2.05) is 38.1 Å². The normalized spacial score (nSPS) is 18.0. The fourth-order valence-corrected chi connectivity index (χ4v) is 4.70. The summed E-state index contributed by atoms with van der Waals surface area (Å²) in [6.07, 6.45) is 1.11. The summed E-state index contributed by atoms with van der Waals surface area (Å²) in [5.41, 5.74) is 1.85. The molecule has 2 rings (SSSR count). The lowest BCUT2D eigenvalue weighted by Crippen LogP contribution is -2.45. The Morgan fingerprint density at radius 1 is 1.36 bits per heavy atom. The first kappa shape index (κ1) is 19.9. The van der Waals surface area contributed by atoms with Gasteiger partial charge in [0.2, 0.25) is 15.9 Å². The van der Waals surface area contributed by atoms with Gasteiger partial charge in [0, 0.05) is 32.2 Å². The van der Waals surface area contributed by atoms with E-state index in [-0.39, 0.29) is 23.6 Å². The van der Waals surface area contributed by atoms with Gasteiger partial charge in [0.1, 0.15) is 0 Å². The highest BCUT2D eigenvalue weighted by Crippen LogP contribution is 2.22. The third-order valence-corrected chi connectivity index (χ3v) is 6.31. The number of carbonyl (C=O) groups excluding carboxylic acids is 1. The average Bonchev–Trinajstić information content (AvgIpc) is 2.54. The highest BCUT2D eigenvalue weighted by atomic mass is 32.2. The molecule has 1 aliphatic rings. The number of methoxy groups -OCH3 is 1. The van der Waals surface area contributed by atoms with Crippen LogP contribution in [0.4, 0.5) is 0 Å². The van der Waals surface area contributed by atoms with Crippen LogP contribution in [0, 0.1) is 12.8 Å². The summed E-state index contributed by atoms with van der Waals surface area (Å²) >= 11 is 0. The summed E-state index contributed by atoms with van der Waals surface area (Å²) in [6, 6.07) is 7.51. The number of carbonyl (C=O) groups is 1. The van der Waals surface area contributed by atoms with Gasteiger partial charge in [-0.15, -0.1) is 0 Å². The summed E-state index contributed by atoms with van der Waals surface area (Å²) in [5, 5.41) is 2.92. The molecule has 1 aromatic carbocycles. The lowest BCUT2D eigenvalue weighted by atomic mass is 9.97. The highest BCUT2D eigenvalue weighted by molar-refractivity contribution is 7.88. The molecule has 1 aromatic rings. The molecule has 25 heavy (non-hydrogen) atoms. The monoisotopic (exact) mass is 368 g/mol. The van der Waals surface area contributed by atoms with Gasteiger partial charge in [-0.25, -0.2) is 12.7 Å². The van der Waals surface area contributed by atoms with Crippen LogP contribution in [0.3, 0.4) is 0 Å². The van der Waals surface area contributed by atoms with E-state index in [0.29, 0.717) is 32.5 Å². The van der Waals surface area contributed by atoms with Crippen LogP contribution in [0.25, 0.3) is 0 Å². The van der Waals surface area contributed by atoms with Gasteiger partial charge in [-0.3, -0.25) is 4.79 Å². The summed E-state index contributed by atoms with van der Waals surface area (Å²) in [5.74, 6) is -0.138. The number of hydrogen-bond donors (Lipinski definition) is 1. The average molecular weight is 368 g/mol. The van der Waals surface area contributed by atoms with Gasteiger partial charge in [-0.1, -0.05) is 29.8 Å². The smallest absolute Gasteiger partial charge is 0.223 e. The number of hydrogen-bond acceptors (Lipinski definition) is 4. The van der Waals surface area contributed by atoms with Gasteiger partial charge >= 0.3 is 0 Å². The number of sulfonamides is 1. The van der Waals surface area contributed by atoms with Crippen molar-refractivity contribution < 1.29 is 17.9 Å². The number of nitrogens with zero attached hydrogens (tertiary/aromatic N) is 1. The molecule has 1 saturated heterocycles. The molecule has 1 heterocycles. The van der Waals surface area contributed by atoms with Crippen molar-refractivity contribution in [2.24, 2.45) is 5.92 Å². The van der Waals surface area contributed by atoms with E-state index in [1.54, 1.807) is 7.11 Å². The quantitative estimate of drug-likeness (QED) is 0.795. The van der Waals surface area contributed by atoms with Crippen LogP contribution >= 0.6 is 0 Å². The summed E-state index contributed by atoms with van der Waals surface area (Å²) < 4.78 is 31.8. The molecule has 1 N–H and O–H groups in total. The van der Waals surface area contributed by atoms with Crippen molar-refractivity contribution in [3.63, 3.8) is 0 Å². The molecule has 7 heteroatoms. The Morgan fingerprint density at radius 3 is 2.64 bits per heavy atom. The van der Waals surface area contributed by atoms with E-state index >= 15 is 0 Å².